The van der Waals surface area contributed by atoms with Gasteiger partial charge in [-0.1, -0.05) is 35.3 Å². The fraction of sp³-hybridized carbons (Fsp3) is 0.111. The van der Waals surface area contributed by atoms with E-state index in [4.69, 9.17) is 27.9 Å². The second-order valence-electron chi connectivity index (χ2n) is 5.85. The second-order valence-corrected chi connectivity index (χ2v) is 7.50. The van der Waals surface area contributed by atoms with E-state index in [9.17, 15) is 19.7 Å². The summed E-state index contributed by atoms with van der Waals surface area (Å²) in [5.74, 6) is -1.52. The van der Waals surface area contributed by atoms with Gasteiger partial charge in [0.1, 0.15) is 5.15 Å². The number of pyridine rings is 1. The minimum atomic E-state index is -1.17. The van der Waals surface area contributed by atoms with Crippen LogP contribution in [0.4, 0.5) is 10.8 Å². The highest BCUT2D eigenvalue weighted by molar-refractivity contribution is 7.14. The Kier molecular flexibility index (Phi) is 6.60. The number of nitrogens with one attached hydrogen (secondary N) is 1. The van der Waals surface area contributed by atoms with Gasteiger partial charge in [-0.05, 0) is 19.1 Å². The van der Waals surface area contributed by atoms with Crippen LogP contribution < -0.4 is 5.32 Å². The lowest BCUT2D eigenvalue weighted by molar-refractivity contribution is -0.384. The van der Waals surface area contributed by atoms with Gasteiger partial charge in [-0.15, -0.1) is 11.3 Å². The summed E-state index contributed by atoms with van der Waals surface area (Å²) >= 11 is 12.8. The third-order valence-corrected chi connectivity index (χ3v) is 5.02. The first kappa shape index (κ1) is 21.6. The number of aromatic nitrogens is 2. The number of nitro groups is 1. The molecule has 1 aromatic carbocycles. The number of rotatable bonds is 6. The van der Waals surface area contributed by atoms with Crippen LogP contribution in [0.15, 0.2) is 41.8 Å². The van der Waals surface area contributed by atoms with E-state index in [2.05, 4.69) is 15.3 Å². The maximum absolute atomic E-state index is 12.3. The number of hydrogen-bond donors (Lipinski definition) is 1. The molecule has 2 aromatic heterocycles. The Morgan fingerprint density at radius 3 is 2.73 bits per heavy atom. The first-order valence-electron chi connectivity index (χ1n) is 8.29. The van der Waals surface area contributed by atoms with Crippen LogP contribution in [0.1, 0.15) is 17.4 Å². The third-order valence-electron chi connectivity index (χ3n) is 3.75. The molecule has 3 rings (SSSR count). The highest BCUT2D eigenvalue weighted by Gasteiger charge is 2.23. The molecule has 0 spiro atoms. The van der Waals surface area contributed by atoms with Crippen LogP contribution in [-0.2, 0) is 9.53 Å². The van der Waals surface area contributed by atoms with E-state index in [-0.39, 0.29) is 26.7 Å². The predicted molar refractivity (Wildman–Crippen MR) is 112 cm³/mol. The summed E-state index contributed by atoms with van der Waals surface area (Å²) in [6.45, 7) is 1.38. The van der Waals surface area contributed by atoms with Crippen LogP contribution in [0.3, 0.4) is 0 Å². The van der Waals surface area contributed by atoms with Crippen molar-refractivity contribution in [1.82, 2.24) is 9.97 Å². The van der Waals surface area contributed by atoms with Crippen LogP contribution in [0, 0.1) is 10.1 Å². The van der Waals surface area contributed by atoms with Gasteiger partial charge in [-0.3, -0.25) is 20.2 Å². The molecule has 1 atom stereocenters. The molecular formula is C18H12Cl2N4O5S. The number of nitro benzene ring substituents is 1. The fourth-order valence-corrected chi connectivity index (χ4v) is 3.33. The van der Waals surface area contributed by atoms with Crippen molar-refractivity contribution in [2.45, 2.75) is 13.0 Å². The number of amides is 1. The lowest BCUT2D eigenvalue weighted by Crippen LogP contribution is -2.30. The van der Waals surface area contributed by atoms with Gasteiger partial charge < -0.3 is 4.74 Å². The molecule has 30 heavy (non-hydrogen) atoms. The van der Waals surface area contributed by atoms with Crippen molar-refractivity contribution in [2.24, 2.45) is 0 Å². The number of ether oxygens (including phenoxy) is 1. The van der Waals surface area contributed by atoms with Gasteiger partial charge in [0.25, 0.3) is 11.6 Å². The van der Waals surface area contributed by atoms with Crippen LogP contribution in [-0.4, -0.2) is 32.9 Å². The standard InChI is InChI=1S/C18H12Cl2N4O5S/c1-9(29-17(26)15-12(19)5-6-14(20)22-15)16(25)23-18-21-13(8-30-18)10-3-2-4-11(7-10)24(27)28/h2-9H,1H3,(H,21,23,25). The quantitative estimate of drug-likeness (QED) is 0.243. The zero-order chi connectivity index (χ0) is 21.8. The molecule has 0 fully saturated rings. The lowest BCUT2D eigenvalue weighted by Gasteiger charge is -2.12. The van der Waals surface area contributed by atoms with Gasteiger partial charge in [0.05, 0.1) is 15.6 Å². The molecule has 1 amide bonds. The minimum absolute atomic E-state index is 0.0403. The molecule has 0 saturated carbocycles. The average molecular weight is 467 g/mol. The van der Waals surface area contributed by atoms with Crippen LogP contribution in [0.25, 0.3) is 11.3 Å². The van der Waals surface area contributed by atoms with E-state index in [1.165, 1.54) is 31.2 Å². The van der Waals surface area contributed by atoms with Crippen molar-refractivity contribution in [3.63, 3.8) is 0 Å². The number of esters is 1. The Morgan fingerprint density at radius 1 is 1.23 bits per heavy atom. The predicted octanol–water partition coefficient (Wildman–Crippen LogP) is 4.60. The van der Waals surface area contributed by atoms with Crippen LogP contribution in [0.2, 0.25) is 10.2 Å². The number of carbonyl (C=O) groups excluding carboxylic acids is 2. The van der Waals surface area contributed by atoms with E-state index in [0.29, 0.717) is 11.3 Å². The summed E-state index contributed by atoms with van der Waals surface area (Å²) in [6.07, 6.45) is -1.17. The number of anilines is 1. The summed E-state index contributed by atoms with van der Waals surface area (Å²) < 4.78 is 5.09. The molecule has 154 valence electrons. The van der Waals surface area contributed by atoms with Crippen molar-refractivity contribution in [3.05, 3.63) is 67.8 Å². The number of thiazole rings is 1. The van der Waals surface area contributed by atoms with Gasteiger partial charge in [-0.25, -0.2) is 14.8 Å². The molecule has 0 saturated heterocycles. The zero-order valence-corrected chi connectivity index (χ0v) is 17.5. The second kappa shape index (κ2) is 9.16. The highest BCUT2D eigenvalue weighted by Crippen LogP contribution is 2.27. The number of non-ortho nitro benzene ring substituents is 1. The van der Waals surface area contributed by atoms with Crippen molar-refractivity contribution in [2.75, 3.05) is 5.32 Å². The van der Waals surface area contributed by atoms with Gasteiger partial charge in [0.2, 0.25) is 0 Å². The SMILES string of the molecule is CC(OC(=O)c1nc(Cl)ccc1Cl)C(=O)Nc1nc(-c2cccc([N+](=O)[O-])c2)cs1. The Morgan fingerprint density at radius 2 is 2.00 bits per heavy atom. The number of nitrogens with zero attached hydrogens (tertiary/aromatic N) is 3. The molecule has 0 bridgehead atoms. The monoisotopic (exact) mass is 466 g/mol. The molecule has 0 aliphatic heterocycles. The van der Waals surface area contributed by atoms with Crippen molar-refractivity contribution in [3.8, 4) is 11.3 Å². The smallest absolute Gasteiger partial charge is 0.359 e. The molecule has 9 nitrogen and oxygen atoms in total. The molecule has 3 aromatic rings. The topological polar surface area (TPSA) is 124 Å². The fourth-order valence-electron chi connectivity index (χ4n) is 2.28. The summed E-state index contributed by atoms with van der Waals surface area (Å²) in [6, 6.07) is 8.77. The molecule has 2 heterocycles. The summed E-state index contributed by atoms with van der Waals surface area (Å²) in [5.41, 5.74) is 0.714. The zero-order valence-electron chi connectivity index (χ0n) is 15.2. The Balaban J connectivity index is 1.66. The number of hydrogen-bond acceptors (Lipinski definition) is 8. The van der Waals surface area contributed by atoms with Gasteiger partial charge >= 0.3 is 5.97 Å². The average Bonchev–Trinajstić information content (AvgIpc) is 3.18. The van der Waals surface area contributed by atoms with Crippen LogP contribution >= 0.6 is 34.5 Å². The minimum Gasteiger partial charge on any atom is -0.448 e. The van der Waals surface area contributed by atoms with Crippen molar-refractivity contribution < 1.29 is 19.2 Å². The summed E-state index contributed by atoms with van der Waals surface area (Å²) in [7, 11) is 0. The van der Waals surface area contributed by atoms with E-state index < -0.39 is 22.9 Å². The van der Waals surface area contributed by atoms with Gasteiger partial charge in [0.15, 0.2) is 16.9 Å². The van der Waals surface area contributed by atoms with Crippen LogP contribution in [0.5, 0.6) is 0 Å². The summed E-state index contributed by atoms with van der Waals surface area (Å²) in [5, 5.41) is 15.4. The van der Waals surface area contributed by atoms with Gasteiger partial charge in [0, 0.05) is 23.1 Å². The van der Waals surface area contributed by atoms with Crippen molar-refractivity contribution in [1.29, 1.82) is 0 Å². The van der Waals surface area contributed by atoms with E-state index in [1.807, 2.05) is 0 Å². The summed E-state index contributed by atoms with van der Waals surface area (Å²) in [4.78, 5) is 43.0. The molecule has 1 unspecified atom stereocenters. The highest BCUT2D eigenvalue weighted by atomic mass is 35.5. The lowest BCUT2D eigenvalue weighted by atomic mass is 10.1. The largest absolute Gasteiger partial charge is 0.448 e. The maximum atomic E-state index is 12.3. The van der Waals surface area contributed by atoms with Gasteiger partial charge in [-0.2, -0.15) is 0 Å². The number of carbonyl (C=O) groups is 2. The third kappa shape index (κ3) is 5.09. The van der Waals surface area contributed by atoms with Crippen molar-refractivity contribution >= 4 is 57.2 Å². The maximum Gasteiger partial charge on any atom is 0.359 e. The first-order chi connectivity index (χ1) is 14.2. The Labute approximate surface area is 183 Å². The molecule has 0 aliphatic carbocycles. The molecular weight excluding hydrogens is 455 g/mol. The number of halogens is 2. The molecule has 1 N–H and O–H groups in total. The number of benzene rings is 1. The Bertz CT molecular complexity index is 1140. The normalized spacial score (nSPS) is 11.6. The van der Waals surface area contributed by atoms with E-state index in [1.54, 1.807) is 17.5 Å². The molecule has 0 aliphatic rings. The molecule has 0 radical (unpaired) electrons. The Hall–Kier alpha value is -3.08. The van der Waals surface area contributed by atoms with E-state index >= 15 is 0 Å². The van der Waals surface area contributed by atoms with E-state index in [0.717, 1.165) is 11.3 Å². The molecule has 12 heteroatoms. The first-order valence-corrected chi connectivity index (χ1v) is 9.92.